The molecule has 0 atom stereocenters. The Kier molecular flexibility index (Phi) is 4.73. The van der Waals surface area contributed by atoms with Gasteiger partial charge in [-0.15, -0.1) is 0 Å². The molecule has 0 bridgehead atoms. The molecule has 120 valence electrons. The summed E-state index contributed by atoms with van der Waals surface area (Å²) in [6.45, 7) is 2.65. The van der Waals surface area contributed by atoms with Gasteiger partial charge in [0, 0.05) is 37.9 Å². The number of amides is 1. The molecule has 1 aromatic heterocycles. The SMILES string of the molecule is O=C(c1ccc(O)cc1)N1CCN(c2ncc(Cl)cc2Br)CC1. The van der Waals surface area contributed by atoms with E-state index in [1.807, 2.05) is 11.0 Å². The Morgan fingerprint density at radius 3 is 2.43 bits per heavy atom. The summed E-state index contributed by atoms with van der Waals surface area (Å²) in [6, 6.07) is 8.15. The lowest BCUT2D eigenvalue weighted by Crippen LogP contribution is -2.49. The quantitative estimate of drug-likeness (QED) is 0.847. The summed E-state index contributed by atoms with van der Waals surface area (Å²) in [5, 5.41) is 9.89. The van der Waals surface area contributed by atoms with Crippen LogP contribution < -0.4 is 4.90 Å². The van der Waals surface area contributed by atoms with Crippen molar-refractivity contribution < 1.29 is 9.90 Å². The van der Waals surface area contributed by atoms with Crippen molar-refractivity contribution in [2.75, 3.05) is 31.1 Å². The maximum atomic E-state index is 12.4. The minimum Gasteiger partial charge on any atom is -0.508 e. The first-order chi connectivity index (χ1) is 11.0. The lowest BCUT2D eigenvalue weighted by atomic mass is 10.1. The normalized spacial score (nSPS) is 14.9. The molecule has 0 radical (unpaired) electrons. The molecule has 1 saturated heterocycles. The first-order valence-electron chi connectivity index (χ1n) is 7.19. The number of hydrogen-bond donors (Lipinski definition) is 1. The van der Waals surface area contributed by atoms with E-state index >= 15 is 0 Å². The maximum absolute atomic E-state index is 12.4. The number of rotatable bonds is 2. The number of halogens is 2. The van der Waals surface area contributed by atoms with Crippen molar-refractivity contribution in [3.63, 3.8) is 0 Å². The highest BCUT2D eigenvalue weighted by Gasteiger charge is 2.23. The Morgan fingerprint density at radius 2 is 1.83 bits per heavy atom. The second-order valence-electron chi connectivity index (χ2n) is 5.29. The number of pyridine rings is 1. The molecular formula is C16H15BrClN3O2. The summed E-state index contributed by atoms with van der Waals surface area (Å²) >= 11 is 9.40. The molecule has 5 nitrogen and oxygen atoms in total. The lowest BCUT2D eigenvalue weighted by molar-refractivity contribution is 0.0746. The number of phenols is 1. The molecule has 3 rings (SSSR count). The van der Waals surface area contributed by atoms with Gasteiger partial charge in [-0.1, -0.05) is 11.6 Å². The number of carbonyl (C=O) groups excluding carboxylic acids is 1. The number of aromatic nitrogens is 1. The fourth-order valence-electron chi connectivity index (χ4n) is 2.55. The Morgan fingerprint density at radius 1 is 1.17 bits per heavy atom. The molecular weight excluding hydrogens is 382 g/mol. The number of phenolic OH excluding ortho intramolecular Hbond substituents is 1. The van der Waals surface area contributed by atoms with Gasteiger partial charge in [-0.25, -0.2) is 4.98 Å². The largest absolute Gasteiger partial charge is 0.508 e. The lowest BCUT2D eigenvalue weighted by Gasteiger charge is -2.35. The molecule has 1 amide bonds. The average Bonchev–Trinajstić information content (AvgIpc) is 2.55. The zero-order chi connectivity index (χ0) is 16.4. The summed E-state index contributed by atoms with van der Waals surface area (Å²) in [7, 11) is 0. The molecule has 23 heavy (non-hydrogen) atoms. The van der Waals surface area contributed by atoms with Gasteiger partial charge in [-0.2, -0.15) is 0 Å². The van der Waals surface area contributed by atoms with Crippen molar-refractivity contribution in [1.82, 2.24) is 9.88 Å². The highest BCUT2D eigenvalue weighted by Crippen LogP contribution is 2.27. The van der Waals surface area contributed by atoms with E-state index in [-0.39, 0.29) is 11.7 Å². The Labute approximate surface area is 147 Å². The Balaban J connectivity index is 1.66. The first kappa shape index (κ1) is 16.1. The smallest absolute Gasteiger partial charge is 0.253 e. The second kappa shape index (κ2) is 6.76. The van der Waals surface area contributed by atoms with Crippen LogP contribution >= 0.6 is 27.5 Å². The fourth-order valence-corrected chi connectivity index (χ4v) is 3.44. The van der Waals surface area contributed by atoms with E-state index in [0.717, 1.165) is 10.3 Å². The van der Waals surface area contributed by atoms with E-state index in [1.54, 1.807) is 18.3 Å². The third-order valence-electron chi connectivity index (χ3n) is 3.77. The monoisotopic (exact) mass is 395 g/mol. The number of anilines is 1. The average molecular weight is 397 g/mol. The number of piperazine rings is 1. The maximum Gasteiger partial charge on any atom is 0.253 e. The van der Waals surface area contributed by atoms with Crippen LogP contribution in [0.3, 0.4) is 0 Å². The highest BCUT2D eigenvalue weighted by atomic mass is 79.9. The van der Waals surface area contributed by atoms with Crippen molar-refractivity contribution in [2.24, 2.45) is 0 Å². The van der Waals surface area contributed by atoms with E-state index in [1.165, 1.54) is 12.1 Å². The molecule has 1 aliphatic rings. The molecule has 1 fully saturated rings. The predicted octanol–water partition coefficient (Wildman–Crippen LogP) is 3.17. The van der Waals surface area contributed by atoms with Gasteiger partial charge in [0.15, 0.2) is 0 Å². The second-order valence-corrected chi connectivity index (χ2v) is 6.58. The molecule has 0 aliphatic carbocycles. The zero-order valence-corrected chi connectivity index (χ0v) is 14.6. The molecule has 1 N–H and O–H groups in total. The van der Waals surface area contributed by atoms with Crippen molar-refractivity contribution in [3.05, 3.63) is 51.6 Å². The van der Waals surface area contributed by atoms with Crippen LogP contribution in [0, 0.1) is 0 Å². The van der Waals surface area contributed by atoms with Crippen LogP contribution in [0.1, 0.15) is 10.4 Å². The molecule has 0 unspecified atom stereocenters. The molecule has 2 heterocycles. The zero-order valence-electron chi connectivity index (χ0n) is 12.2. The molecule has 0 spiro atoms. The topological polar surface area (TPSA) is 56.7 Å². The molecule has 7 heteroatoms. The summed E-state index contributed by atoms with van der Waals surface area (Å²) in [4.78, 5) is 20.7. The van der Waals surface area contributed by atoms with Crippen LogP contribution in [0.2, 0.25) is 5.02 Å². The van der Waals surface area contributed by atoms with Gasteiger partial charge in [0.1, 0.15) is 11.6 Å². The van der Waals surface area contributed by atoms with E-state index in [2.05, 4.69) is 25.8 Å². The van der Waals surface area contributed by atoms with Gasteiger partial charge in [-0.05, 0) is 46.3 Å². The van der Waals surface area contributed by atoms with Crippen molar-refractivity contribution in [1.29, 1.82) is 0 Å². The van der Waals surface area contributed by atoms with Crippen LogP contribution in [0.5, 0.6) is 5.75 Å². The summed E-state index contributed by atoms with van der Waals surface area (Å²) in [5.74, 6) is 0.976. The van der Waals surface area contributed by atoms with Crippen LogP contribution in [0.4, 0.5) is 5.82 Å². The van der Waals surface area contributed by atoms with Crippen molar-refractivity contribution in [2.45, 2.75) is 0 Å². The number of nitrogens with zero attached hydrogens (tertiary/aromatic N) is 3. The summed E-state index contributed by atoms with van der Waals surface area (Å²) in [5.41, 5.74) is 0.585. The van der Waals surface area contributed by atoms with Crippen LogP contribution in [0.15, 0.2) is 41.0 Å². The third kappa shape index (κ3) is 3.59. The van der Waals surface area contributed by atoms with Gasteiger partial charge >= 0.3 is 0 Å². The molecule has 1 aromatic carbocycles. The van der Waals surface area contributed by atoms with Gasteiger partial charge in [0.25, 0.3) is 5.91 Å². The van der Waals surface area contributed by atoms with Gasteiger partial charge < -0.3 is 14.9 Å². The van der Waals surface area contributed by atoms with E-state index in [9.17, 15) is 9.90 Å². The number of carbonyl (C=O) groups is 1. The van der Waals surface area contributed by atoms with Crippen LogP contribution in [0.25, 0.3) is 0 Å². The number of hydrogen-bond acceptors (Lipinski definition) is 4. The minimum atomic E-state index is -0.0206. The van der Waals surface area contributed by atoms with Gasteiger partial charge in [0.05, 0.1) is 9.50 Å². The first-order valence-corrected chi connectivity index (χ1v) is 8.36. The van der Waals surface area contributed by atoms with Gasteiger partial charge in [0.2, 0.25) is 0 Å². The van der Waals surface area contributed by atoms with Crippen molar-refractivity contribution >= 4 is 39.3 Å². The number of benzene rings is 1. The van der Waals surface area contributed by atoms with E-state index < -0.39 is 0 Å². The van der Waals surface area contributed by atoms with Crippen molar-refractivity contribution in [3.8, 4) is 5.75 Å². The van der Waals surface area contributed by atoms with E-state index in [0.29, 0.717) is 36.8 Å². The molecule has 0 saturated carbocycles. The highest BCUT2D eigenvalue weighted by molar-refractivity contribution is 9.10. The van der Waals surface area contributed by atoms with Crippen LogP contribution in [-0.4, -0.2) is 47.1 Å². The Hall–Kier alpha value is -1.79. The summed E-state index contributed by atoms with van der Waals surface area (Å²) < 4.78 is 0.850. The fraction of sp³-hybridized carbons (Fsp3) is 0.250. The summed E-state index contributed by atoms with van der Waals surface area (Å²) in [6.07, 6.45) is 1.62. The minimum absolute atomic E-state index is 0.0206. The predicted molar refractivity (Wildman–Crippen MR) is 93.2 cm³/mol. The third-order valence-corrected chi connectivity index (χ3v) is 4.56. The molecule has 2 aromatic rings. The Bertz CT molecular complexity index is 716. The van der Waals surface area contributed by atoms with Crippen LogP contribution in [-0.2, 0) is 0 Å². The van der Waals surface area contributed by atoms with E-state index in [4.69, 9.17) is 11.6 Å². The van der Waals surface area contributed by atoms with Gasteiger partial charge in [-0.3, -0.25) is 4.79 Å². The number of aromatic hydroxyl groups is 1. The molecule has 1 aliphatic heterocycles. The standard InChI is InChI=1S/C16H15BrClN3O2/c17-14-9-12(18)10-19-15(14)20-5-7-21(8-6-20)16(23)11-1-3-13(22)4-2-11/h1-4,9-10,22H,5-8H2.